The minimum absolute atomic E-state index is 0.0153. The summed E-state index contributed by atoms with van der Waals surface area (Å²) in [5.74, 6) is -1.35. The van der Waals surface area contributed by atoms with Crippen molar-refractivity contribution in [1.29, 1.82) is 0 Å². The molecule has 0 spiro atoms. The highest BCUT2D eigenvalue weighted by atomic mass is 32.2. The molecule has 0 bridgehead atoms. The van der Waals surface area contributed by atoms with Crippen LogP contribution in [0.5, 0.6) is 0 Å². The lowest BCUT2D eigenvalue weighted by Crippen LogP contribution is -2.56. The molecule has 0 aliphatic carbocycles. The summed E-state index contributed by atoms with van der Waals surface area (Å²) < 4.78 is 40.8. The Bertz CT molecular complexity index is 1420. The second-order valence-electron chi connectivity index (χ2n) is 11.1. The zero-order chi connectivity index (χ0) is 29.7. The van der Waals surface area contributed by atoms with Gasteiger partial charge in [-0.15, -0.1) is 0 Å². The number of sulfonamides is 1. The number of halogens is 1. The summed E-state index contributed by atoms with van der Waals surface area (Å²) in [7, 11) is -3.87. The van der Waals surface area contributed by atoms with Crippen LogP contribution in [0.4, 0.5) is 10.1 Å². The van der Waals surface area contributed by atoms with Crippen LogP contribution in [0.1, 0.15) is 43.0 Å². The number of anilines is 1. The number of nitrogens with zero attached hydrogens (tertiary/aromatic N) is 2. The first-order valence-corrected chi connectivity index (χ1v) is 14.9. The van der Waals surface area contributed by atoms with E-state index in [4.69, 9.17) is 0 Å². The smallest absolute Gasteiger partial charge is 0.244 e. The average molecular weight is 568 g/mol. The molecule has 1 unspecified atom stereocenters. The number of rotatable bonds is 10. The Morgan fingerprint density at radius 1 is 0.875 bits per heavy atom. The van der Waals surface area contributed by atoms with Gasteiger partial charge in [0.25, 0.3) is 0 Å². The average Bonchev–Trinajstić information content (AvgIpc) is 2.85. The Morgan fingerprint density at radius 3 is 1.98 bits per heavy atom. The molecule has 7 nitrogen and oxygen atoms in total. The summed E-state index contributed by atoms with van der Waals surface area (Å²) in [5, 5.41) is 2.98. The fourth-order valence-corrected chi connectivity index (χ4v) is 5.53. The van der Waals surface area contributed by atoms with Crippen LogP contribution >= 0.6 is 0 Å². The van der Waals surface area contributed by atoms with Crippen molar-refractivity contribution in [2.24, 2.45) is 0 Å². The number of hydrogen-bond donors (Lipinski definition) is 1. The first-order chi connectivity index (χ1) is 18.7. The van der Waals surface area contributed by atoms with Crippen LogP contribution in [0, 0.1) is 19.7 Å². The molecule has 9 heteroatoms. The van der Waals surface area contributed by atoms with Gasteiger partial charge in [0.1, 0.15) is 18.4 Å². The van der Waals surface area contributed by atoms with E-state index in [-0.39, 0.29) is 18.9 Å². The van der Waals surface area contributed by atoms with Gasteiger partial charge in [0.05, 0.1) is 11.9 Å². The zero-order valence-corrected chi connectivity index (χ0v) is 24.8. The quantitative estimate of drug-likeness (QED) is 0.383. The van der Waals surface area contributed by atoms with Crippen molar-refractivity contribution in [3.8, 4) is 0 Å². The summed E-state index contributed by atoms with van der Waals surface area (Å²) in [6.45, 7) is 8.61. The van der Waals surface area contributed by atoms with E-state index in [0.29, 0.717) is 22.4 Å². The maximum absolute atomic E-state index is 14.1. The number of carbonyl (C=O) groups excluding carboxylic acids is 2. The van der Waals surface area contributed by atoms with Gasteiger partial charge in [0, 0.05) is 18.5 Å². The molecular weight excluding hydrogens is 529 g/mol. The third-order valence-electron chi connectivity index (χ3n) is 6.40. The van der Waals surface area contributed by atoms with E-state index in [1.807, 2.05) is 57.2 Å². The molecule has 40 heavy (non-hydrogen) atoms. The molecule has 0 aliphatic rings. The number of amides is 2. The molecule has 214 valence electrons. The van der Waals surface area contributed by atoms with Crippen LogP contribution < -0.4 is 9.62 Å². The molecule has 1 atom stereocenters. The van der Waals surface area contributed by atoms with E-state index >= 15 is 0 Å². The van der Waals surface area contributed by atoms with Gasteiger partial charge in [-0.1, -0.05) is 60.7 Å². The van der Waals surface area contributed by atoms with Crippen LogP contribution in [0.3, 0.4) is 0 Å². The largest absolute Gasteiger partial charge is 0.350 e. The fourth-order valence-electron chi connectivity index (χ4n) is 4.57. The van der Waals surface area contributed by atoms with E-state index in [9.17, 15) is 22.4 Å². The molecule has 3 aromatic rings. The molecule has 3 rings (SSSR count). The molecule has 0 saturated carbocycles. The number of aryl methyl sites for hydroxylation is 2. The van der Waals surface area contributed by atoms with Gasteiger partial charge < -0.3 is 10.2 Å². The molecule has 3 aromatic carbocycles. The predicted octanol–water partition coefficient (Wildman–Crippen LogP) is 4.76. The summed E-state index contributed by atoms with van der Waals surface area (Å²) in [6.07, 6.45) is 1.27. The molecule has 0 saturated heterocycles. The Hall–Kier alpha value is -3.72. The molecule has 0 heterocycles. The van der Waals surface area contributed by atoms with E-state index in [1.54, 1.807) is 38.1 Å². The molecule has 0 aromatic heterocycles. The molecule has 0 aliphatic heterocycles. The lowest BCUT2D eigenvalue weighted by molar-refractivity contribution is -0.140. The highest BCUT2D eigenvalue weighted by Crippen LogP contribution is 2.27. The fraction of sp³-hybridized carbons (Fsp3) is 0.355. The van der Waals surface area contributed by atoms with E-state index < -0.39 is 39.9 Å². The lowest BCUT2D eigenvalue weighted by atomic mass is 10.0. The number of para-hydroxylation sites is 1. The van der Waals surface area contributed by atoms with Crippen molar-refractivity contribution in [2.45, 2.75) is 59.2 Å². The number of benzene rings is 3. The van der Waals surface area contributed by atoms with E-state index in [2.05, 4.69) is 5.32 Å². The number of carbonyl (C=O) groups is 2. The predicted molar refractivity (Wildman–Crippen MR) is 157 cm³/mol. The van der Waals surface area contributed by atoms with Gasteiger partial charge in [-0.3, -0.25) is 13.9 Å². The van der Waals surface area contributed by atoms with Crippen molar-refractivity contribution < 1.29 is 22.4 Å². The second kappa shape index (κ2) is 12.6. The van der Waals surface area contributed by atoms with Crippen molar-refractivity contribution >= 4 is 27.5 Å². The maximum atomic E-state index is 14.1. The SMILES string of the molecule is Cc1cccc(C)c1N(CC(=O)N(Cc1ccc(F)cc1)C(Cc1ccccc1)C(=O)NC(C)(C)C)S(C)(=O)=O. The van der Waals surface area contributed by atoms with E-state index in [0.717, 1.165) is 16.1 Å². The first-order valence-electron chi connectivity index (χ1n) is 13.1. The van der Waals surface area contributed by atoms with Crippen LogP contribution in [0.25, 0.3) is 0 Å². The van der Waals surface area contributed by atoms with Gasteiger partial charge in [-0.2, -0.15) is 0 Å². The van der Waals surface area contributed by atoms with Gasteiger partial charge in [-0.25, -0.2) is 12.8 Å². The normalized spacial score (nSPS) is 12.5. The highest BCUT2D eigenvalue weighted by Gasteiger charge is 2.34. The Labute approximate surface area is 237 Å². The van der Waals surface area contributed by atoms with Crippen molar-refractivity contribution in [2.75, 3.05) is 17.1 Å². The van der Waals surface area contributed by atoms with Gasteiger partial charge >= 0.3 is 0 Å². The molecular formula is C31H38FN3O4S. The van der Waals surface area contributed by atoms with Gasteiger partial charge in [-0.05, 0) is 69.0 Å². The first kappa shape index (κ1) is 30.8. The van der Waals surface area contributed by atoms with Crippen molar-refractivity contribution in [3.05, 3.63) is 101 Å². The van der Waals surface area contributed by atoms with Gasteiger partial charge in [0.15, 0.2) is 0 Å². The monoisotopic (exact) mass is 567 g/mol. The summed E-state index contributed by atoms with van der Waals surface area (Å²) >= 11 is 0. The molecule has 1 N–H and O–H groups in total. The van der Waals surface area contributed by atoms with Crippen molar-refractivity contribution in [3.63, 3.8) is 0 Å². The zero-order valence-electron chi connectivity index (χ0n) is 23.9. The highest BCUT2D eigenvalue weighted by molar-refractivity contribution is 7.92. The minimum Gasteiger partial charge on any atom is -0.350 e. The maximum Gasteiger partial charge on any atom is 0.244 e. The van der Waals surface area contributed by atoms with Crippen molar-refractivity contribution in [1.82, 2.24) is 10.2 Å². The van der Waals surface area contributed by atoms with Crippen LogP contribution in [0.15, 0.2) is 72.8 Å². The standard InChI is InChI=1S/C31H38FN3O4S/c1-22-11-10-12-23(2)29(22)35(40(6,38)39)21-28(36)34(20-25-15-17-26(32)18-16-25)27(30(37)33-31(3,4)5)19-24-13-8-7-9-14-24/h7-18,27H,19-21H2,1-6H3,(H,33,37). The topological polar surface area (TPSA) is 86.8 Å². The number of hydrogen-bond acceptors (Lipinski definition) is 4. The third-order valence-corrected chi connectivity index (χ3v) is 7.52. The Balaban J connectivity index is 2.10. The Kier molecular flexibility index (Phi) is 9.73. The van der Waals surface area contributed by atoms with Crippen LogP contribution in [-0.4, -0.2) is 49.5 Å². The lowest BCUT2D eigenvalue weighted by Gasteiger charge is -2.35. The summed E-state index contributed by atoms with van der Waals surface area (Å²) in [4.78, 5) is 29.2. The van der Waals surface area contributed by atoms with Crippen LogP contribution in [0.2, 0.25) is 0 Å². The minimum atomic E-state index is -3.87. The van der Waals surface area contributed by atoms with E-state index in [1.165, 1.54) is 17.0 Å². The molecule has 0 fully saturated rings. The van der Waals surface area contributed by atoms with Crippen LogP contribution in [-0.2, 0) is 32.6 Å². The summed E-state index contributed by atoms with van der Waals surface area (Å²) in [6, 6.07) is 19.4. The third kappa shape index (κ3) is 8.39. The molecule has 2 amide bonds. The summed E-state index contributed by atoms with van der Waals surface area (Å²) in [5.41, 5.74) is 2.70. The number of nitrogens with one attached hydrogen (secondary N) is 1. The van der Waals surface area contributed by atoms with Gasteiger partial charge in [0.2, 0.25) is 21.8 Å². The Morgan fingerprint density at radius 2 is 1.45 bits per heavy atom. The second-order valence-corrected chi connectivity index (χ2v) is 13.0. The molecule has 0 radical (unpaired) electrons.